The summed E-state index contributed by atoms with van der Waals surface area (Å²) in [6.45, 7) is 6.53. The first kappa shape index (κ1) is 29.3. The van der Waals surface area contributed by atoms with Crippen LogP contribution in [0.5, 0.6) is 5.75 Å². The van der Waals surface area contributed by atoms with Crippen molar-refractivity contribution in [2.45, 2.75) is 97.5 Å². The van der Waals surface area contributed by atoms with Crippen LogP contribution < -0.4 is 4.74 Å². The summed E-state index contributed by atoms with van der Waals surface area (Å²) in [6, 6.07) is 16.2. The molecule has 0 N–H and O–H groups in total. The number of ether oxygens (including phenoxy) is 2. The second kappa shape index (κ2) is 16.6. The highest BCUT2D eigenvalue weighted by Gasteiger charge is 2.16. The highest BCUT2D eigenvalue weighted by molar-refractivity contribution is 5.74. The number of esters is 1. The SMILES string of the molecule is CCCCCCCCCc1ccc(-c2cnc(-c3ccc(OC(C)C(=O)OCCCCC)cc3)nc2)cc1. The maximum absolute atomic E-state index is 12.1. The smallest absolute Gasteiger partial charge is 0.347 e. The normalized spacial score (nSPS) is 11.8. The molecule has 0 spiro atoms. The van der Waals surface area contributed by atoms with Gasteiger partial charge in [-0.25, -0.2) is 14.8 Å². The molecule has 0 fully saturated rings. The molecule has 204 valence electrons. The quantitative estimate of drug-likeness (QED) is 0.133. The lowest BCUT2D eigenvalue weighted by Gasteiger charge is -2.14. The number of benzene rings is 2. The van der Waals surface area contributed by atoms with Gasteiger partial charge < -0.3 is 9.47 Å². The van der Waals surface area contributed by atoms with Gasteiger partial charge in [-0.3, -0.25) is 0 Å². The number of carbonyl (C=O) groups is 1. The fraction of sp³-hybridized carbons (Fsp3) is 0.485. The zero-order valence-electron chi connectivity index (χ0n) is 23.5. The Morgan fingerprint density at radius 3 is 1.95 bits per heavy atom. The van der Waals surface area contributed by atoms with Crippen LogP contribution in [-0.2, 0) is 16.0 Å². The maximum atomic E-state index is 12.1. The Balaban J connectivity index is 1.47. The first-order valence-corrected chi connectivity index (χ1v) is 14.5. The van der Waals surface area contributed by atoms with Gasteiger partial charge in [-0.15, -0.1) is 0 Å². The summed E-state index contributed by atoms with van der Waals surface area (Å²) >= 11 is 0. The number of aromatic nitrogens is 2. The molecular weight excluding hydrogens is 472 g/mol. The molecule has 3 aromatic rings. The molecular formula is C33H44N2O3. The third-order valence-corrected chi connectivity index (χ3v) is 6.76. The van der Waals surface area contributed by atoms with Crippen LogP contribution in [0.4, 0.5) is 0 Å². The van der Waals surface area contributed by atoms with E-state index in [1.807, 2.05) is 36.7 Å². The lowest BCUT2D eigenvalue weighted by molar-refractivity contribution is -0.151. The number of carbonyl (C=O) groups excluding carboxylic acids is 1. The third kappa shape index (κ3) is 9.92. The monoisotopic (exact) mass is 516 g/mol. The molecule has 0 aliphatic heterocycles. The minimum Gasteiger partial charge on any atom is -0.479 e. The van der Waals surface area contributed by atoms with Crippen LogP contribution in [0, 0.1) is 0 Å². The minimum absolute atomic E-state index is 0.338. The van der Waals surface area contributed by atoms with Gasteiger partial charge in [0.05, 0.1) is 6.61 Å². The van der Waals surface area contributed by atoms with E-state index in [2.05, 4.69) is 48.1 Å². The van der Waals surface area contributed by atoms with Crippen molar-refractivity contribution in [2.24, 2.45) is 0 Å². The molecule has 1 atom stereocenters. The lowest BCUT2D eigenvalue weighted by Crippen LogP contribution is -2.26. The lowest BCUT2D eigenvalue weighted by atomic mass is 10.0. The van der Waals surface area contributed by atoms with E-state index < -0.39 is 6.10 Å². The van der Waals surface area contributed by atoms with Crippen LogP contribution >= 0.6 is 0 Å². The Bertz CT molecular complexity index is 1060. The molecule has 0 aliphatic rings. The summed E-state index contributed by atoms with van der Waals surface area (Å²) in [4.78, 5) is 21.3. The molecule has 38 heavy (non-hydrogen) atoms. The zero-order chi connectivity index (χ0) is 27.0. The summed E-state index contributed by atoms with van der Waals surface area (Å²) in [5, 5.41) is 0. The predicted molar refractivity (Wildman–Crippen MR) is 155 cm³/mol. The van der Waals surface area contributed by atoms with E-state index >= 15 is 0 Å². The van der Waals surface area contributed by atoms with Crippen LogP contribution in [0.1, 0.15) is 90.5 Å². The third-order valence-electron chi connectivity index (χ3n) is 6.76. The van der Waals surface area contributed by atoms with E-state index in [1.54, 1.807) is 6.92 Å². The van der Waals surface area contributed by atoms with Gasteiger partial charge in [0, 0.05) is 23.5 Å². The van der Waals surface area contributed by atoms with Crippen molar-refractivity contribution in [3.8, 4) is 28.3 Å². The average Bonchev–Trinajstić information content (AvgIpc) is 2.95. The Kier molecular flexibility index (Phi) is 12.8. The number of aryl methyl sites for hydroxylation is 1. The summed E-state index contributed by atoms with van der Waals surface area (Å²) < 4.78 is 11.0. The molecule has 0 aliphatic carbocycles. The molecule has 0 bridgehead atoms. The second-order valence-corrected chi connectivity index (χ2v) is 10.0. The Hall–Kier alpha value is -3.21. The first-order chi connectivity index (χ1) is 18.6. The van der Waals surface area contributed by atoms with E-state index in [-0.39, 0.29) is 5.97 Å². The number of nitrogens with zero attached hydrogens (tertiary/aromatic N) is 2. The van der Waals surface area contributed by atoms with Crippen LogP contribution in [0.15, 0.2) is 60.9 Å². The standard InChI is InChI=1S/C33H44N2O3/c1-4-6-8-9-10-11-12-14-27-15-17-28(18-16-27)30-24-34-32(35-25-30)29-19-21-31(22-20-29)38-26(3)33(36)37-23-13-7-5-2/h15-22,24-26H,4-14,23H2,1-3H3. The van der Waals surface area contributed by atoms with Gasteiger partial charge >= 0.3 is 5.97 Å². The Labute approximate surface area is 229 Å². The van der Waals surface area contributed by atoms with Crippen molar-refractivity contribution in [3.05, 3.63) is 66.5 Å². The van der Waals surface area contributed by atoms with Crippen molar-refractivity contribution in [1.82, 2.24) is 9.97 Å². The predicted octanol–water partition coefficient (Wildman–Crippen LogP) is 8.60. The topological polar surface area (TPSA) is 61.3 Å². The molecule has 0 saturated heterocycles. The Morgan fingerprint density at radius 2 is 1.29 bits per heavy atom. The van der Waals surface area contributed by atoms with Crippen molar-refractivity contribution in [3.63, 3.8) is 0 Å². The molecule has 0 amide bonds. The molecule has 1 heterocycles. The van der Waals surface area contributed by atoms with E-state index in [4.69, 9.17) is 9.47 Å². The second-order valence-electron chi connectivity index (χ2n) is 10.0. The minimum atomic E-state index is -0.653. The van der Waals surface area contributed by atoms with Gasteiger partial charge in [0.25, 0.3) is 0 Å². The zero-order valence-corrected chi connectivity index (χ0v) is 23.5. The molecule has 2 aromatic carbocycles. The number of rotatable bonds is 17. The van der Waals surface area contributed by atoms with E-state index in [1.165, 1.54) is 50.5 Å². The fourth-order valence-electron chi connectivity index (χ4n) is 4.35. The number of unbranched alkanes of at least 4 members (excludes halogenated alkanes) is 8. The van der Waals surface area contributed by atoms with Crippen molar-refractivity contribution < 1.29 is 14.3 Å². The number of hydrogen-bond donors (Lipinski definition) is 0. The van der Waals surface area contributed by atoms with Crippen LogP contribution in [-0.4, -0.2) is 28.6 Å². The van der Waals surface area contributed by atoms with Gasteiger partial charge in [0.1, 0.15) is 5.75 Å². The van der Waals surface area contributed by atoms with Gasteiger partial charge in [-0.1, -0.05) is 89.5 Å². The molecule has 3 rings (SSSR count). The molecule has 1 aromatic heterocycles. The van der Waals surface area contributed by atoms with Crippen LogP contribution in [0.3, 0.4) is 0 Å². The molecule has 1 unspecified atom stereocenters. The summed E-state index contributed by atoms with van der Waals surface area (Å²) in [5.41, 5.74) is 4.41. The van der Waals surface area contributed by atoms with Crippen LogP contribution in [0.25, 0.3) is 22.5 Å². The van der Waals surface area contributed by atoms with Crippen LogP contribution in [0.2, 0.25) is 0 Å². The first-order valence-electron chi connectivity index (χ1n) is 14.5. The maximum Gasteiger partial charge on any atom is 0.347 e. The van der Waals surface area contributed by atoms with E-state index in [0.29, 0.717) is 18.2 Å². The average molecular weight is 517 g/mol. The Morgan fingerprint density at radius 1 is 0.711 bits per heavy atom. The molecule has 0 radical (unpaired) electrons. The molecule has 5 heteroatoms. The highest BCUT2D eigenvalue weighted by Crippen LogP contribution is 2.23. The van der Waals surface area contributed by atoms with E-state index in [0.717, 1.165) is 42.4 Å². The summed E-state index contributed by atoms with van der Waals surface area (Å²) in [6.07, 6.45) is 16.6. The van der Waals surface area contributed by atoms with E-state index in [9.17, 15) is 4.79 Å². The van der Waals surface area contributed by atoms with Gasteiger partial charge in [-0.2, -0.15) is 0 Å². The van der Waals surface area contributed by atoms with Gasteiger partial charge in [0.15, 0.2) is 11.9 Å². The molecule has 5 nitrogen and oxygen atoms in total. The summed E-state index contributed by atoms with van der Waals surface area (Å²) in [5.74, 6) is 0.925. The largest absolute Gasteiger partial charge is 0.479 e. The van der Waals surface area contributed by atoms with Gasteiger partial charge in [-0.05, 0) is 61.6 Å². The van der Waals surface area contributed by atoms with Crippen molar-refractivity contribution in [1.29, 1.82) is 0 Å². The number of hydrogen-bond acceptors (Lipinski definition) is 5. The fourth-order valence-corrected chi connectivity index (χ4v) is 4.35. The highest BCUT2D eigenvalue weighted by atomic mass is 16.6. The summed E-state index contributed by atoms with van der Waals surface area (Å²) in [7, 11) is 0. The van der Waals surface area contributed by atoms with Crippen molar-refractivity contribution >= 4 is 5.97 Å². The molecule has 0 saturated carbocycles. The van der Waals surface area contributed by atoms with Gasteiger partial charge in [0.2, 0.25) is 0 Å². The van der Waals surface area contributed by atoms with Crippen molar-refractivity contribution in [2.75, 3.05) is 6.61 Å².